The van der Waals surface area contributed by atoms with Crippen LogP contribution in [0.1, 0.15) is 5.56 Å². The molecule has 9 nitrogen and oxygen atoms in total. The van der Waals surface area contributed by atoms with E-state index in [1.54, 1.807) is 37.2 Å². The summed E-state index contributed by atoms with van der Waals surface area (Å²) in [4.78, 5) is 31.1. The van der Waals surface area contributed by atoms with Crippen LogP contribution in [0.4, 0.5) is 0 Å². The van der Waals surface area contributed by atoms with Gasteiger partial charge in [-0.3, -0.25) is 9.69 Å². The van der Waals surface area contributed by atoms with Crippen molar-refractivity contribution in [3.05, 3.63) is 78.2 Å². The average Bonchev–Trinajstić information content (AvgIpc) is 3.42. The van der Waals surface area contributed by atoms with Crippen LogP contribution in [0.25, 0.3) is 11.3 Å². The molecule has 2 aromatic heterocycles. The van der Waals surface area contributed by atoms with E-state index < -0.39 is 12.0 Å². The topological polar surface area (TPSA) is 112 Å². The van der Waals surface area contributed by atoms with Crippen LogP contribution in [-0.4, -0.2) is 46.0 Å². The molecule has 3 aromatic rings. The van der Waals surface area contributed by atoms with Crippen LogP contribution in [0.15, 0.2) is 77.1 Å². The number of ether oxygens (including phenoxy) is 2. The number of thioether (sulfide) groups is 1. The lowest BCUT2D eigenvalue weighted by molar-refractivity contribution is -0.689. The summed E-state index contributed by atoms with van der Waals surface area (Å²) in [6.07, 6.45) is 6.82. The first-order valence-electron chi connectivity index (χ1n) is 10.7. The molecule has 1 fully saturated rings. The zero-order valence-electron chi connectivity index (χ0n) is 19.2. The number of oxazole rings is 1. The second-order valence-corrected chi connectivity index (χ2v) is 9.04. The predicted octanol–water partition coefficient (Wildman–Crippen LogP) is -0.697. The summed E-state index contributed by atoms with van der Waals surface area (Å²) in [6, 6.07) is 10.5. The molecule has 1 amide bonds. The number of benzene rings is 1. The van der Waals surface area contributed by atoms with E-state index in [2.05, 4.69) is 4.98 Å². The number of halogens is 2. The first-order chi connectivity index (χ1) is 16.5. The maximum absolute atomic E-state index is 13.2. The highest BCUT2D eigenvalue weighted by Gasteiger charge is 2.52. The van der Waals surface area contributed by atoms with E-state index in [0.29, 0.717) is 18.1 Å². The number of methoxy groups -OCH3 is 1. The van der Waals surface area contributed by atoms with Gasteiger partial charge >= 0.3 is 5.97 Å². The Balaban J connectivity index is 0.00000180. The number of carbonyl (C=O) groups is 2. The van der Waals surface area contributed by atoms with Gasteiger partial charge in [-0.05, 0) is 17.7 Å². The molecule has 2 N–H and O–H groups in total. The van der Waals surface area contributed by atoms with Gasteiger partial charge in [0.2, 0.25) is 5.91 Å². The molecular weight excluding hydrogens is 527 g/mol. The standard InChI is InChI=1S/C24H23N4O5S.2ClH/c1-31-18-4-2-15(3-5-18)12-32-24(30)21-17(13-34-23-20(25)22(29)28(21)23)11-27-8-6-16(7-9-27)19-10-26-14-33-19;;/h2-10,14,20,23H,11-13,25H2,1H3;2*1H/q+1;;/p-1/t20-,23-;;/m1../s1. The third-order valence-electron chi connectivity index (χ3n) is 5.79. The monoisotopic (exact) mass is 550 g/mol. The van der Waals surface area contributed by atoms with Gasteiger partial charge in [0.15, 0.2) is 31.1 Å². The molecule has 1 saturated heterocycles. The SMILES string of the molecule is COc1ccc(COC(=O)C2=C(C[n+]3ccc(-c4cnco4)cc3)CS[C@@H]3[C@H](N)C(=O)N23)cc1.Cl.[Cl-]. The van der Waals surface area contributed by atoms with Crippen molar-refractivity contribution >= 4 is 36.0 Å². The first kappa shape index (κ1) is 27.5. The zero-order valence-corrected chi connectivity index (χ0v) is 21.6. The van der Waals surface area contributed by atoms with Crippen LogP contribution in [-0.2, 0) is 27.5 Å². The Bertz CT molecular complexity index is 1240. The number of hydrogen-bond donors (Lipinski definition) is 1. The molecule has 1 aromatic carbocycles. The fourth-order valence-electron chi connectivity index (χ4n) is 3.93. The van der Waals surface area contributed by atoms with E-state index >= 15 is 0 Å². The molecule has 5 rings (SSSR count). The number of rotatable bonds is 7. The summed E-state index contributed by atoms with van der Waals surface area (Å²) in [5.41, 5.74) is 8.78. The largest absolute Gasteiger partial charge is 1.00 e. The van der Waals surface area contributed by atoms with Crippen LogP contribution in [0, 0.1) is 0 Å². The Hall–Kier alpha value is -3.05. The lowest BCUT2D eigenvalue weighted by Crippen LogP contribution is -3.00. The van der Waals surface area contributed by atoms with Crippen molar-refractivity contribution in [2.75, 3.05) is 12.9 Å². The Morgan fingerprint density at radius 2 is 1.97 bits per heavy atom. The minimum atomic E-state index is -0.607. The molecule has 2 aliphatic heterocycles. The van der Waals surface area contributed by atoms with Gasteiger partial charge < -0.3 is 32.0 Å². The number of nitrogens with zero attached hydrogens (tertiary/aromatic N) is 3. The molecular formula is C24H24Cl2N4O5S. The van der Waals surface area contributed by atoms with Gasteiger partial charge in [0.25, 0.3) is 0 Å². The Kier molecular flexibility index (Phi) is 9.02. The summed E-state index contributed by atoms with van der Waals surface area (Å²) < 4.78 is 18.0. The maximum Gasteiger partial charge on any atom is 0.355 e. The van der Waals surface area contributed by atoms with E-state index in [1.165, 1.54) is 11.3 Å². The molecule has 0 bridgehead atoms. The number of esters is 1. The molecule has 190 valence electrons. The summed E-state index contributed by atoms with van der Waals surface area (Å²) in [6.45, 7) is 0.521. The molecule has 12 heteroatoms. The summed E-state index contributed by atoms with van der Waals surface area (Å²) in [5.74, 6) is 1.17. The number of β-lactam (4-membered cyclic amide) rings is 1. The lowest BCUT2D eigenvalue weighted by Gasteiger charge is -2.47. The van der Waals surface area contributed by atoms with Crippen molar-refractivity contribution < 1.29 is 40.5 Å². The summed E-state index contributed by atoms with van der Waals surface area (Å²) >= 11 is 1.56. The van der Waals surface area contributed by atoms with Gasteiger partial charge in [-0.1, -0.05) is 12.1 Å². The normalized spacial score (nSPS) is 18.4. The second kappa shape index (κ2) is 11.8. The summed E-state index contributed by atoms with van der Waals surface area (Å²) in [5, 5.41) is -0.251. The summed E-state index contributed by atoms with van der Waals surface area (Å²) in [7, 11) is 1.59. The van der Waals surface area contributed by atoms with Crippen molar-refractivity contribution in [3.8, 4) is 17.1 Å². The number of pyridine rings is 1. The average molecular weight is 551 g/mol. The van der Waals surface area contributed by atoms with Gasteiger partial charge in [-0.25, -0.2) is 14.3 Å². The number of aromatic nitrogens is 2. The third kappa shape index (κ3) is 5.36. The first-order valence-corrected chi connectivity index (χ1v) is 11.7. The van der Waals surface area contributed by atoms with E-state index in [-0.39, 0.29) is 48.4 Å². The van der Waals surface area contributed by atoms with E-state index in [4.69, 9.17) is 19.6 Å². The Morgan fingerprint density at radius 3 is 2.61 bits per heavy atom. The van der Waals surface area contributed by atoms with Gasteiger partial charge in [0, 0.05) is 29.0 Å². The predicted molar refractivity (Wildman–Crippen MR) is 130 cm³/mol. The Labute approximate surface area is 224 Å². The number of nitrogens with two attached hydrogens (primary N) is 1. The number of fused-ring (bicyclic) bond motifs is 1. The molecule has 0 saturated carbocycles. The van der Waals surface area contributed by atoms with Gasteiger partial charge in [0.1, 0.15) is 29.5 Å². The minimum absolute atomic E-state index is 0. The Morgan fingerprint density at radius 1 is 1.25 bits per heavy atom. The molecule has 0 unspecified atom stereocenters. The highest BCUT2D eigenvalue weighted by Crippen LogP contribution is 2.40. The molecule has 2 atom stereocenters. The van der Waals surface area contributed by atoms with Crippen LogP contribution < -0.4 is 27.4 Å². The maximum atomic E-state index is 13.2. The van der Waals surface area contributed by atoms with E-state index in [1.807, 2.05) is 41.2 Å². The molecule has 2 aliphatic rings. The fraction of sp³-hybridized carbons (Fsp3) is 0.250. The lowest BCUT2D eigenvalue weighted by atomic mass is 10.0. The van der Waals surface area contributed by atoms with Gasteiger partial charge in [0.05, 0.1) is 13.3 Å². The third-order valence-corrected chi connectivity index (χ3v) is 7.15. The van der Waals surface area contributed by atoms with Crippen LogP contribution >= 0.6 is 24.2 Å². The zero-order chi connectivity index (χ0) is 23.7. The van der Waals surface area contributed by atoms with Crippen LogP contribution in [0.5, 0.6) is 5.75 Å². The molecule has 4 heterocycles. The van der Waals surface area contributed by atoms with Crippen molar-refractivity contribution in [3.63, 3.8) is 0 Å². The van der Waals surface area contributed by atoms with Crippen molar-refractivity contribution in [2.45, 2.75) is 24.6 Å². The molecule has 36 heavy (non-hydrogen) atoms. The minimum Gasteiger partial charge on any atom is -1.00 e. The molecule has 0 radical (unpaired) electrons. The van der Waals surface area contributed by atoms with Crippen molar-refractivity contribution in [1.29, 1.82) is 0 Å². The van der Waals surface area contributed by atoms with Gasteiger partial charge in [-0.15, -0.1) is 24.2 Å². The smallest absolute Gasteiger partial charge is 0.355 e. The van der Waals surface area contributed by atoms with Crippen LogP contribution in [0.2, 0.25) is 0 Å². The number of carbonyl (C=O) groups excluding carboxylic acids is 2. The highest BCUT2D eigenvalue weighted by molar-refractivity contribution is 8.00. The second-order valence-electron chi connectivity index (χ2n) is 7.94. The van der Waals surface area contributed by atoms with Crippen molar-refractivity contribution in [1.82, 2.24) is 9.88 Å². The number of hydrogen-bond acceptors (Lipinski definition) is 8. The van der Waals surface area contributed by atoms with Crippen LogP contribution in [0.3, 0.4) is 0 Å². The van der Waals surface area contributed by atoms with E-state index in [0.717, 1.165) is 22.4 Å². The fourth-order valence-corrected chi connectivity index (χ4v) is 5.22. The highest BCUT2D eigenvalue weighted by atomic mass is 35.5. The van der Waals surface area contributed by atoms with Gasteiger partial charge in [-0.2, -0.15) is 0 Å². The molecule has 0 spiro atoms. The number of amides is 1. The quantitative estimate of drug-likeness (QED) is 0.233. The van der Waals surface area contributed by atoms with E-state index in [9.17, 15) is 9.59 Å². The molecule has 0 aliphatic carbocycles. The van der Waals surface area contributed by atoms with Crippen molar-refractivity contribution in [2.24, 2.45) is 5.73 Å².